The molecule has 9 heteroatoms. The van der Waals surface area contributed by atoms with Crippen molar-refractivity contribution in [2.24, 2.45) is 0 Å². The highest BCUT2D eigenvalue weighted by Crippen LogP contribution is 2.19. The van der Waals surface area contributed by atoms with Gasteiger partial charge in [-0.1, -0.05) is 18.2 Å². The normalized spacial score (nSPS) is 10.5. The van der Waals surface area contributed by atoms with Gasteiger partial charge in [-0.25, -0.2) is 13.5 Å². The van der Waals surface area contributed by atoms with E-state index in [9.17, 15) is 18.4 Å². The van der Waals surface area contributed by atoms with Gasteiger partial charge in [0.25, 0.3) is 5.91 Å². The highest BCUT2D eigenvalue weighted by Gasteiger charge is 2.18. The Morgan fingerprint density at radius 3 is 2.52 bits per heavy atom. The van der Waals surface area contributed by atoms with Crippen molar-refractivity contribution in [3.63, 3.8) is 0 Å². The van der Waals surface area contributed by atoms with Gasteiger partial charge in [0.2, 0.25) is 11.3 Å². The van der Waals surface area contributed by atoms with Crippen LogP contribution in [0.25, 0.3) is 5.69 Å². The summed E-state index contributed by atoms with van der Waals surface area (Å²) in [5.41, 5.74) is -0.319. The number of rotatable bonds is 6. The lowest BCUT2D eigenvalue weighted by molar-refractivity contribution is 0.0942. The first kappa shape index (κ1) is 20.0. The average molecular weight is 401 g/mol. The van der Waals surface area contributed by atoms with Crippen molar-refractivity contribution in [2.45, 2.75) is 6.54 Å². The molecule has 1 amide bonds. The molecule has 3 rings (SSSR count). The van der Waals surface area contributed by atoms with Gasteiger partial charge in [0.15, 0.2) is 17.3 Å². The monoisotopic (exact) mass is 401 g/mol. The number of carbonyl (C=O) groups excluding carboxylic acids is 1. The summed E-state index contributed by atoms with van der Waals surface area (Å²) in [6, 6.07) is 11.2. The Balaban J connectivity index is 1.93. The number of nitrogens with one attached hydrogen (secondary N) is 1. The van der Waals surface area contributed by atoms with Crippen LogP contribution in [0, 0.1) is 11.6 Å². The highest BCUT2D eigenvalue weighted by molar-refractivity contribution is 5.92. The molecule has 3 aromatic rings. The van der Waals surface area contributed by atoms with E-state index in [1.54, 1.807) is 24.3 Å². The molecule has 0 spiro atoms. The van der Waals surface area contributed by atoms with Crippen molar-refractivity contribution in [3.8, 4) is 17.3 Å². The number of amides is 1. The van der Waals surface area contributed by atoms with Gasteiger partial charge in [-0.15, -0.1) is 0 Å². The summed E-state index contributed by atoms with van der Waals surface area (Å²) >= 11 is 0. The molecule has 29 heavy (non-hydrogen) atoms. The van der Waals surface area contributed by atoms with Crippen LogP contribution >= 0.6 is 0 Å². The molecule has 2 aromatic carbocycles. The lowest BCUT2D eigenvalue weighted by Gasteiger charge is -2.13. The molecular weight excluding hydrogens is 384 g/mol. The number of halogens is 2. The number of carbonyl (C=O) groups is 1. The molecule has 0 radical (unpaired) electrons. The maximum atomic E-state index is 13.6. The molecule has 1 N–H and O–H groups in total. The Hall–Kier alpha value is -3.75. The zero-order chi connectivity index (χ0) is 21.0. The van der Waals surface area contributed by atoms with E-state index in [1.807, 2.05) is 0 Å². The van der Waals surface area contributed by atoms with E-state index >= 15 is 0 Å². The molecule has 150 valence electrons. The lowest BCUT2D eigenvalue weighted by Crippen LogP contribution is -2.31. The predicted molar refractivity (Wildman–Crippen MR) is 100 cm³/mol. The second kappa shape index (κ2) is 8.51. The van der Waals surface area contributed by atoms with Gasteiger partial charge in [0, 0.05) is 18.2 Å². The third-order valence-corrected chi connectivity index (χ3v) is 4.10. The fourth-order valence-corrected chi connectivity index (χ4v) is 2.65. The quantitative estimate of drug-likeness (QED) is 0.686. The Morgan fingerprint density at radius 1 is 1.07 bits per heavy atom. The molecule has 0 fully saturated rings. The van der Waals surface area contributed by atoms with E-state index in [-0.39, 0.29) is 18.1 Å². The van der Waals surface area contributed by atoms with Gasteiger partial charge in [0.05, 0.1) is 26.0 Å². The maximum absolute atomic E-state index is 13.6. The van der Waals surface area contributed by atoms with Crippen LogP contribution in [0.3, 0.4) is 0 Å². The van der Waals surface area contributed by atoms with Gasteiger partial charge >= 0.3 is 0 Å². The average Bonchev–Trinajstić information content (AvgIpc) is 2.73. The van der Waals surface area contributed by atoms with Gasteiger partial charge in [-0.2, -0.15) is 5.10 Å². The largest absolute Gasteiger partial charge is 0.496 e. The van der Waals surface area contributed by atoms with Crippen LogP contribution in [0.4, 0.5) is 8.78 Å². The molecule has 7 nitrogen and oxygen atoms in total. The number of hydrogen-bond acceptors (Lipinski definition) is 5. The molecule has 1 aromatic heterocycles. The molecule has 0 atom stereocenters. The number of nitrogens with zero attached hydrogens (tertiary/aromatic N) is 2. The number of ether oxygens (including phenoxy) is 2. The van der Waals surface area contributed by atoms with Crippen molar-refractivity contribution in [1.29, 1.82) is 0 Å². The Labute approximate surface area is 164 Å². The summed E-state index contributed by atoms with van der Waals surface area (Å²) in [4.78, 5) is 24.8. The summed E-state index contributed by atoms with van der Waals surface area (Å²) in [5, 5.41) is 6.58. The van der Waals surface area contributed by atoms with Crippen molar-refractivity contribution in [2.75, 3.05) is 14.2 Å². The van der Waals surface area contributed by atoms with E-state index in [2.05, 4.69) is 10.4 Å². The van der Waals surface area contributed by atoms with Crippen molar-refractivity contribution in [1.82, 2.24) is 15.1 Å². The number of para-hydroxylation sites is 1. The molecule has 0 aliphatic heterocycles. The molecule has 0 aliphatic carbocycles. The Kier molecular flexibility index (Phi) is 5.87. The number of benzene rings is 2. The third kappa shape index (κ3) is 4.23. The fourth-order valence-electron chi connectivity index (χ4n) is 2.65. The Bertz CT molecular complexity index is 1120. The van der Waals surface area contributed by atoms with Gasteiger partial charge in [-0.05, 0) is 18.2 Å². The van der Waals surface area contributed by atoms with E-state index < -0.39 is 28.7 Å². The minimum absolute atomic E-state index is 0.0395. The smallest absolute Gasteiger partial charge is 0.276 e. The highest BCUT2D eigenvalue weighted by atomic mass is 19.2. The number of hydrogen-bond donors (Lipinski definition) is 1. The molecule has 0 saturated heterocycles. The zero-order valence-electron chi connectivity index (χ0n) is 15.6. The van der Waals surface area contributed by atoms with Crippen LogP contribution in [-0.4, -0.2) is 29.9 Å². The molecule has 1 heterocycles. The minimum Gasteiger partial charge on any atom is -0.496 e. The Morgan fingerprint density at radius 2 is 1.83 bits per heavy atom. The zero-order valence-corrected chi connectivity index (χ0v) is 15.6. The molecule has 0 saturated carbocycles. The lowest BCUT2D eigenvalue weighted by atomic mass is 10.2. The first-order valence-corrected chi connectivity index (χ1v) is 8.48. The van der Waals surface area contributed by atoms with Crippen LogP contribution in [0.2, 0.25) is 0 Å². The van der Waals surface area contributed by atoms with Gasteiger partial charge < -0.3 is 14.8 Å². The van der Waals surface area contributed by atoms with E-state index in [1.165, 1.54) is 20.3 Å². The second-order valence-electron chi connectivity index (χ2n) is 5.90. The number of aromatic nitrogens is 2. The van der Waals surface area contributed by atoms with Crippen LogP contribution in [-0.2, 0) is 6.54 Å². The summed E-state index contributed by atoms with van der Waals surface area (Å²) in [7, 11) is 2.79. The van der Waals surface area contributed by atoms with Crippen LogP contribution in [0.5, 0.6) is 11.6 Å². The molecular formula is C20H17F2N3O4. The van der Waals surface area contributed by atoms with Crippen molar-refractivity contribution in [3.05, 3.63) is 81.6 Å². The molecule has 0 bridgehead atoms. The maximum Gasteiger partial charge on any atom is 0.276 e. The summed E-state index contributed by atoms with van der Waals surface area (Å²) in [5.74, 6) is -2.34. The second-order valence-corrected chi connectivity index (χ2v) is 5.90. The first-order chi connectivity index (χ1) is 13.9. The standard InChI is InChI=1S/C20H17F2N3O4/c1-28-17-6-4-3-5-12(17)11-23-20(27)19-16(26)10-18(29-2)25(24-19)13-7-8-14(21)15(22)9-13/h3-10H,11H2,1-2H3,(H,23,27). The van der Waals surface area contributed by atoms with Crippen molar-refractivity contribution >= 4 is 5.91 Å². The van der Waals surface area contributed by atoms with Gasteiger partial charge in [0.1, 0.15) is 5.75 Å². The summed E-state index contributed by atoms with van der Waals surface area (Å²) in [6.45, 7) is 0.0984. The minimum atomic E-state index is -1.10. The predicted octanol–water partition coefficient (Wildman–Crippen LogP) is 2.46. The summed E-state index contributed by atoms with van der Waals surface area (Å²) in [6.07, 6.45) is 0. The van der Waals surface area contributed by atoms with E-state index in [0.29, 0.717) is 11.3 Å². The number of methoxy groups -OCH3 is 2. The molecule has 0 unspecified atom stereocenters. The van der Waals surface area contributed by atoms with Crippen LogP contribution < -0.4 is 20.2 Å². The van der Waals surface area contributed by atoms with Crippen molar-refractivity contribution < 1.29 is 23.0 Å². The first-order valence-electron chi connectivity index (χ1n) is 8.48. The fraction of sp³-hybridized carbons (Fsp3) is 0.150. The van der Waals surface area contributed by atoms with Crippen LogP contribution in [0.1, 0.15) is 16.1 Å². The summed E-state index contributed by atoms with van der Waals surface area (Å²) < 4.78 is 38.2. The SMILES string of the molecule is COc1ccccc1CNC(=O)c1nn(-c2ccc(F)c(F)c2)c(OC)cc1=O. The van der Waals surface area contributed by atoms with Gasteiger partial charge in [-0.3, -0.25) is 9.59 Å². The third-order valence-electron chi connectivity index (χ3n) is 4.10. The van der Waals surface area contributed by atoms with E-state index in [0.717, 1.165) is 22.9 Å². The topological polar surface area (TPSA) is 82.4 Å². The van der Waals surface area contributed by atoms with Crippen LogP contribution in [0.15, 0.2) is 53.3 Å². The molecule has 0 aliphatic rings. The van der Waals surface area contributed by atoms with E-state index in [4.69, 9.17) is 9.47 Å².